The third-order valence-corrected chi connectivity index (χ3v) is 4.69. The molecule has 1 fully saturated rings. The molecule has 1 saturated heterocycles. The fraction of sp³-hybridized carbons (Fsp3) is 0.250. The number of benzene rings is 1. The molecule has 0 saturated carbocycles. The van der Waals surface area contributed by atoms with Crippen molar-refractivity contribution in [2.75, 3.05) is 43.4 Å². The molecule has 1 aromatic carbocycles. The van der Waals surface area contributed by atoms with E-state index in [1.807, 2.05) is 6.07 Å². The first-order valence-electron chi connectivity index (χ1n) is 8.84. The van der Waals surface area contributed by atoms with Crippen LogP contribution in [-0.2, 0) is 0 Å². The van der Waals surface area contributed by atoms with E-state index in [1.54, 1.807) is 36.5 Å². The van der Waals surface area contributed by atoms with Crippen molar-refractivity contribution < 1.29 is 9.21 Å². The molecule has 7 nitrogen and oxygen atoms in total. The van der Waals surface area contributed by atoms with E-state index >= 15 is 0 Å². The number of likely N-dealkylation sites (N-methyl/N-ethyl adjacent to an activating group) is 1. The Bertz CT molecular complexity index is 1020. The van der Waals surface area contributed by atoms with Crippen LogP contribution in [0.3, 0.4) is 0 Å². The highest BCUT2D eigenvalue weighted by molar-refractivity contribution is 6.02. The van der Waals surface area contributed by atoms with Gasteiger partial charge >= 0.3 is 0 Å². The Hall–Kier alpha value is -3.19. The van der Waals surface area contributed by atoms with Crippen LogP contribution in [0.2, 0.25) is 0 Å². The van der Waals surface area contributed by atoms with E-state index in [2.05, 4.69) is 27.1 Å². The average Bonchev–Trinajstić information content (AvgIpc) is 2.69. The summed E-state index contributed by atoms with van der Waals surface area (Å²) in [6.45, 7) is 3.86. The number of aromatic nitrogens is 1. The summed E-state index contributed by atoms with van der Waals surface area (Å²) in [7, 11) is 2.11. The fourth-order valence-electron chi connectivity index (χ4n) is 3.09. The molecule has 0 atom stereocenters. The van der Waals surface area contributed by atoms with E-state index in [0.29, 0.717) is 16.7 Å². The van der Waals surface area contributed by atoms with Crippen LogP contribution in [-0.4, -0.2) is 49.0 Å². The molecule has 7 heteroatoms. The number of hydrogen-bond acceptors (Lipinski definition) is 6. The van der Waals surface area contributed by atoms with Crippen molar-refractivity contribution in [3.8, 4) is 0 Å². The molecular weight excluding hydrogens is 344 g/mol. The Balaban J connectivity index is 1.49. The number of carbonyl (C=O) groups is 1. The minimum Gasteiger partial charge on any atom is -0.451 e. The fourth-order valence-corrected chi connectivity index (χ4v) is 3.09. The van der Waals surface area contributed by atoms with Crippen molar-refractivity contribution in [2.24, 2.45) is 0 Å². The van der Waals surface area contributed by atoms with Crippen LogP contribution in [0.4, 0.5) is 11.5 Å². The van der Waals surface area contributed by atoms with Crippen molar-refractivity contribution in [3.05, 3.63) is 64.6 Å². The van der Waals surface area contributed by atoms with Gasteiger partial charge in [-0.15, -0.1) is 0 Å². The molecule has 138 valence electrons. The molecule has 1 aliphatic heterocycles. The molecule has 3 aromatic rings. The predicted octanol–water partition coefficient (Wildman–Crippen LogP) is 2.19. The molecule has 2 aromatic heterocycles. The van der Waals surface area contributed by atoms with Gasteiger partial charge < -0.3 is 19.5 Å². The van der Waals surface area contributed by atoms with Crippen molar-refractivity contribution in [3.63, 3.8) is 0 Å². The number of anilines is 2. The number of nitrogens with one attached hydrogen (secondary N) is 1. The number of para-hydroxylation sites is 1. The lowest BCUT2D eigenvalue weighted by Crippen LogP contribution is -2.44. The molecule has 0 bridgehead atoms. The van der Waals surface area contributed by atoms with Gasteiger partial charge in [0, 0.05) is 32.2 Å². The molecule has 0 radical (unpaired) electrons. The first kappa shape index (κ1) is 17.2. The highest BCUT2D eigenvalue weighted by atomic mass is 16.3. The van der Waals surface area contributed by atoms with Gasteiger partial charge in [-0.1, -0.05) is 12.1 Å². The van der Waals surface area contributed by atoms with Gasteiger partial charge in [-0.05, 0) is 31.3 Å². The Kier molecular flexibility index (Phi) is 4.60. The lowest BCUT2D eigenvalue weighted by molar-refractivity contribution is 0.0997. The maximum atomic E-state index is 12.4. The first-order chi connectivity index (χ1) is 13.1. The van der Waals surface area contributed by atoms with Crippen LogP contribution in [0.25, 0.3) is 11.0 Å². The summed E-state index contributed by atoms with van der Waals surface area (Å²) >= 11 is 0. The van der Waals surface area contributed by atoms with Gasteiger partial charge in [0.15, 0.2) is 11.2 Å². The van der Waals surface area contributed by atoms with Crippen LogP contribution in [0.15, 0.2) is 57.9 Å². The number of hydrogen-bond donors (Lipinski definition) is 1. The number of piperazine rings is 1. The zero-order valence-corrected chi connectivity index (χ0v) is 15.0. The normalized spacial score (nSPS) is 15.1. The highest BCUT2D eigenvalue weighted by Crippen LogP contribution is 2.17. The van der Waals surface area contributed by atoms with E-state index in [4.69, 9.17) is 4.42 Å². The molecule has 0 unspecified atom stereocenters. The predicted molar refractivity (Wildman–Crippen MR) is 104 cm³/mol. The van der Waals surface area contributed by atoms with E-state index in [0.717, 1.165) is 32.0 Å². The van der Waals surface area contributed by atoms with Crippen molar-refractivity contribution in [1.82, 2.24) is 9.88 Å². The molecule has 1 N–H and O–H groups in total. The van der Waals surface area contributed by atoms with Crippen LogP contribution >= 0.6 is 0 Å². The SMILES string of the molecule is CN1CCN(c2ccc(NC(=O)c3cc(=O)c4ccccc4o3)cn2)CC1. The molecule has 1 amide bonds. The average molecular weight is 364 g/mol. The minimum absolute atomic E-state index is 0.0261. The summed E-state index contributed by atoms with van der Waals surface area (Å²) in [6, 6.07) is 11.8. The number of nitrogens with zero attached hydrogens (tertiary/aromatic N) is 3. The van der Waals surface area contributed by atoms with Crippen LogP contribution in [0, 0.1) is 0 Å². The van der Waals surface area contributed by atoms with E-state index in [9.17, 15) is 9.59 Å². The molecule has 4 rings (SSSR count). The van der Waals surface area contributed by atoms with Gasteiger partial charge in [0.2, 0.25) is 0 Å². The summed E-state index contributed by atoms with van der Waals surface area (Å²) in [5.41, 5.74) is 0.693. The van der Waals surface area contributed by atoms with Crippen LogP contribution < -0.4 is 15.6 Å². The molecule has 0 spiro atoms. The summed E-state index contributed by atoms with van der Waals surface area (Å²) < 4.78 is 5.56. The van der Waals surface area contributed by atoms with Gasteiger partial charge in [-0.25, -0.2) is 4.98 Å². The molecular formula is C20H20N4O3. The Morgan fingerprint density at radius 3 is 2.63 bits per heavy atom. The standard InChI is InChI=1S/C20H20N4O3/c1-23-8-10-24(11-9-23)19-7-6-14(13-21-19)22-20(26)18-12-16(25)15-4-2-3-5-17(15)27-18/h2-7,12-13H,8-11H2,1H3,(H,22,26). The summed E-state index contributed by atoms with van der Waals surface area (Å²) in [5.74, 6) is 0.382. The maximum Gasteiger partial charge on any atom is 0.291 e. The molecule has 27 heavy (non-hydrogen) atoms. The van der Waals surface area contributed by atoms with Crippen molar-refractivity contribution in [2.45, 2.75) is 0 Å². The smallest absolute Gasteiger partial charge is 0.291 e. The Labute approximate surface area is 156 Å². The second-order valence-corrected chi connectivity index (χ2v) is 6.62. The number of amides is 1. The molecule has 0 aliphatic carbocycles. The van der Waals surface area contributed by atoms with Crippen LogP contribution in [0.1, 0.15) is 10.6 Å². The number of pyridine rings is 1. The zero-order valence-electron chi connectivity index (χ0n) is 15.0. The minimum atomic E-state index is -0.480. The second kappa shape index (κ2) is 7.20. The third kappa shape index (κ3) is 3.68. The van der Waals surface area contributed by atoms with Crippen molar-refractivity contribution in [1.29, 1.82) is 0 Å². The van der Waals surface area contributed by atoms with Crippen molar-refractivity contribution >= 4 is 28.4 Å². The summed E-state index contributed by atoms with van der Waals surface area (Å²) in [4.78, 5) is 33.5. The molecule has 3 heterocycles. The monoisotopic (exact) mass is 364 g/mol. The topological polar surface area (TPSA) is 78.7 Å². The largest absolute Gasteiger partial charge is 0.451 e. The third-order valence-electron chi connectivity index (χ3n) is 4.69. The van der Waals surface area contributed by atoms with E-state index in [-0.39, 0.29) is 11.2 Å². The first-order valence-corrected chi connectivity index (χ1v) is 8.84. The Morgan fingerprint density at radius 2 is 1.89 bits per heavy atom. The number of carbonyl (C=O) groups excluding carboxylic acids is 1. The maximum absolute atomic E-state index is 12.4. The van der Waals surface area contributed by atoms with Gasteiger partial charge in [0.1, 0.15) is 11.4 Å². The van der Waals surface area contributed by atoms with Crippen LogP contribution in [0.5, 0.6) is 0 Å². The van der Waals surface area contributed by atoms with E-state index in [1.165, 1.54) is 6.07 Å². The van der Waals surface area contributed by atoms with Gasteiger partial charge in [-0.3, -0.25) is 9.59 Å². The lowest BCUT2D eigenvalue weighted by atomic mass is 10.2. The van der Waals surface area contributed by atoms with Gasteiger partial charge in [0.05, 0.1) is 17.3 Å². The van der Waals surface area contributed by atoms with Gasteiger partial charge in [-0.2, -0.15) is 0 Å². The zero-order chi connectivity index (χ0) is 18.8. The lowest BCUT2D eigenvalue weighted by Gasteiger charge is -2.33. The summed E-state index contributed by atoms with van der Waals surface area (Å²) in [5, 5.41) is 3.18. The van der Waals surface area contributed by atoms with Gasteiger partial charge in [0.25, 0.3) is 5.91 Å². The summed E-state index contributed by atoms with van der Waals surface area (Å²) in [6.07, 6.45) is 1.62. The number of fused-ring (bicyclic) bond motifs is 1. The molecule has 1 aliphatic rings. The Morgan fingerprint density at radius 1 is 1.11 bits per heavy atom. The highest BCUT2D eigenvalue weighted by Gasteiger charge is 2.16. The van der Waals surface area contributed by atoms with E-state index < -0.39 is 5.91 Å². The second-order valence-electron chi connectivity index (χ2n) is 6.62. The number of rotatable bonds is 3. The quantitative estimate of drug-likeness (QED) is 0.768.